The lowest BCUT2D eigenvalue weighted by Crippen LogP contribution is -2.25. The summed E-state index contributed by atoms with van der Waals surface area (Å²) in [6.07, 6.45) is 6.07. The predicted octanol–water partition coefficient (Wildman–Crippen LogP) is 2.36. The summed E-state index contributed by atoms with van der Waals surface area (Å²) < 4.78 is 4.76. The maximum atomic E-state index is 11.3. The third-order valence-electron chi connectivity index (χ3n) is 3.04. The standard InChI is InChI=1S/C11H19NO2S/c1-12-10(15-3)8-4-6-9(7-5-8)11(13)14-2/h8-9H,4-7H2,1-3H3/b12-10-. The van der Waals surface area contributed by atoms with Crippen LogP contribution in [0.5, 0.6) is 0 Å². The number of nitrogens with zero attached hydrogens (tertiary/aromatic N) is 1. The summed E-state index contributed by atoms with van der Waals surface area (Å²) in [7, 11) is 3.31. The third-order valence-corrected chi connectivity index (χ3v) is 3.97. The Hall–Kier alpha value is -0.510. The van der Waals surface area contributed by atoms with Gasteiger partial charge >= 0.3 is 5.97 Å². The van der Waals surface area contributed by atoms with Crippen molar-refractivity contribution in [2.24, 2.45) is 16.8 Å². The van der Waals surface area contributed by atoms with Gasteiger partial charge in [0.1, 0.15) is 0 Å². The molecule has 1 aliphatic carbocycles. The van der Waals surface area contributed by atoms with E-state index in [0.717, 1.165) is 25.7 Å². The average molecular weight is 229 g/mol. The quantitative estimate of drug-likeness (QED) is 0.414. The molecule has 1 aliphatic rings. The molecule has 0 bridgehead atoms. The lowest BCUT2D eigenvalue weighted by molar-refractivity contribution is -0.146. The highest BCUT2D eigenvalue weighted by atomic mass is 32.2. The van der Waals surface area contributed by atoms with Crippen molar-refractivity contribution in [3.63, 3.8) is 0 Å². The number of carbonyl (C=O) groups is 1. The van der Waals surface area contributed by atoms with Crippen LogP contribution in [0.1, 0.15) is 25.7 Å². The first-order valence-electron chi connectivity index (χ1n) is 5.31. The first-order valence-corrected chi connectivity index (χ1v) is 6.53. The van der Waals surface area contributed by atoms with E-state index < -0.39 is 0 Å². The van der Waals surface area contributed by atoms with Crippen molar-refractivity contribution >= 4 is 22.8 Å². The Morgan fingerprint density at radius 1 is 1.27 bits per heavy atom. The van der Waals surface area contributed by atoms with Gasteiger partial charge in [-0.15, -0.1) is 11.8 Å². The SMILES string of the molecule is C/N=C(\SC)C1CCC(C(=O)OC)CC1. The summed E-state index contributed by atoms with van der Waals surface area (Å²) in [6, 6.07) is 0. The molecule has 86 valence electrons. The van der Waals surface area contributed by atoms with Gasteiger partial charge in [0.25, 0.3) is 0 Å². The minimum atomic E-state index is -0.0485. The van der Waals surface area contributed by atoms with E-state index in [9.17, 15) is 4.79 Å². The zero-order chi connectivity index (χ0) is 11.3. The zero-order valence-corrected chi connectivity index (χ0v) is 10.5. The van der Waals surface area contributed by atoms with E-state index in [2.05, 4.69) is 11.2 Å². The monoisotopic (exact) mass is 229 g/mol. The fourth-order valence-electron chi connectivity index (χ4n) is 2.18. The second-order valence-corrected chi connectivity index (χ2v) is 4.66. The number of aliphatic imine (C=N–C) groups is 1. The van der Waals surface area contributed by atoms with Crippen molar-refractivity contribution in [3.05, 3.63) is 0 Å². The second kappa shape index (κ2) is 6.16. The van der Waals surface area contributed by atoms with Crippen LogP contribution in [-0.2, 0) is 9.53 Å². The fourth-order valence-corrected chi connectivity index (χ4v) is 2.93. The number of rotatable bonds is 2. The molecule has 0 amide bonds. The number of hydrogen-bond acceptors (Lipinski definition) is 4. The maximum absolute atomic E-state index is 11.3. The van der Waals surface area contributed by atoms with Crippen LogP contribution in [0.3, 0.4) is 0 Å². The first-order chi connectivity index (χ1) is 7.22. The number of carbonyl (C=O) groups excluding carboxylic acids is 1. The van der Waals surface area contributed by atoms with Crippen LogP contribution in [0.15, 0.2) is 4.99 Å². The van der Waals surface area contributed by atoms with Crippen LogP contribution in [0, 0.1) is 11.8 Å². The molecule has 0 aromatic heterocycles. The lowest BCUT2D eigenvalue weighted by Gasteiger charge is -2.27. The van der Waals surface area contributed by atoms with Gasteiger partial charge in [0.05, 0.1) is 18.1 Å². The smallest absolute Gasteiger partial charge is 0.308 e. The highest BCUT2D eigenvalue weighted by Crippen LogP contribution is 2.32. The van der Waals surface area contributed by atoms with Gasteiger partial charge in [-0.25, -0.2) is 0 Å². The average Bonchev–Trinajstić information content (AvgIpc) is 2.30. The van der Waals surface area contributed by atoms with Gasteiger partial charge in [0.2, 0.25) is 0 Å². The van der Waals surface area contributed by atoms with E-state index in [1.165, 1.54) is 12.2 Å². The first kappa shape index (κ1) is 12.6. The molecule has 0 spiro atoms. The molecular formula is C11H19NO2S. The van der Waals surface area contributed by atoms with E-state index in [4.69, 9.17) is 4.74 Å². The van der Waals surface area contributed by atoms with Gasteiger partial charge in [0, 0.05) is 13.0 Å². The number of hydrogen-bond donors (Lipinski definition) is 0. The number of ether oxygens (including phenoxy) is 1. The third kappa shape index (κ3) is 3.23. The normalized spacial score (nSPS) is 27.5. The van der Waals surface area contributed by atoms with Crippen LogP contribution in [0.2, 0.25) is 0 Å². The molecule has 4 heteroatoms. The van der Waals surface area contributed by atoms with Crippen LogP contribution < -0.4 is 0 Å². The largest absolute Gasteiger partial charge is 0.469 e. The van der Waals surface area contributed by atoms with Gasteiger partial charge in [-0.3, -0.25) is 9.79 Å². The molecule has 3 nitrogen and oxygen atoms in total. The summed E-state index contributed by atoms with van der Waals surface area (Å²) >= 11 is 1.73. The van der Waals surface area contributed by atoms with E-state index >= 15 is 0 Å². The van der Waals surface area contributed by atoms with Gasteiger partial charge in [-0.1, -0.05) is 0 Å². The second-order valence-electron chi connectivity index (χ2n) is 3.84. The lowest BCUT2D eigenvalue weighted by atomic mass is 9.82. The summed E-state index contributed by atoms with van der Waals surface area (Å²) in [6.45, 7) is 0. The highest BCUT2D eigenvalue weighted by Gasteiger charge is 2.28. The number of thioether (sulfide) groups is 1. The Labute approximate surface area is 95.7 Å². The minimum Gasteiger partial charge on any atom is -0.469 e. The molecule has 0 aromatic rings. The molecule has 0 N–H and O–H groups in total. The van der Waals surface area contributed by atoms with E-state index in [1.807, 2.05) is 7.05 Å². The molecule has 0 unspecified atom stereocenters. The van der Waals surface area contributed by atoms with Crippen molar-refractivity contribution < 1.29 is 9.53 Å². The van der Waals surface area contributed by atoms with Crippen LogP contribution >= 0.6 is 11.8 Å². The highest BCUT2D eigenvalue weighted by molar-refractivity contribution is 8.13. The molecule has 0 aliphatic heterocycles. The van der Waals surface area contributed by atoms with Gasteiger partial charge < -0.3 is 4.74 Å². The van der Waals surface area contributed by atoms with Crippen LogP contribution in [0.25, 0.3) is 0 Å². The van der Waals surface area contributed by atoms with Crippen LogP contribution in [0.4, 0.5) is 0 Å². The van der Waals surface area contributed by atoms with Crippen molar-refractivity contribution in [3.8, 4) is 0 Å². The fraction of sp³-hybridized carbons (Fsp3) is 0.818. The van der Waals surface area contributed by atoms with E-state index in [-0.39, 0.29) is 11.9 Å². The summed E-state index contributed by atoms with van der Waals surface area (Å²) in [5.74, 6) is 0.629. The van der Waals surface area contributed by atoms with Gasteiger partial charge in [-0.05, 0) is 31.9 Å². The topological polar surface area (TPSA) is 38.7 Å². The molecular weight excluding hydrogens is 210 g/mol. The molecule has 0 aromatic carbocycles. The minimum absolute atomic E-state index is 0.0485. The zero-order valence-electron chi connectivity index (χ0n) is 9.66. The van der Waals surface area contributed by atoms with E-state index in [0.29, 0.717) is 5.92 Å². The van der Waals surface area contributed by atoms with Crippen LogP contribution in [-0.4, -0.2) is 31.4 Å². The molecule has 0 radical (unpaired) electrons. The van der Waals surface area contributed by atoms with E-state index in [1.54, 1.807) is 11.8 Å². The maximum Gasteiger partial charge on any atom is 0.308 e. The predicted molar refractivity (Wildman–Crippen MR) is 64.3 cm³/mol. The van der Waals surface area contributed by atoms with Crippen molar-refractivity contribution in [1.82, 2.24) is 0 Å². The summed E-state index contributed by atoms with van der Waals surface area (Å²) in [4.78, 5) is 15.6. The van der Waals surface area contributed by atoms with Gasteiger partial charge in [0.15, 0.2) is 0 Å². The van der Waals surface area contributed by atoms with Crippen molar-refractivity contribution in [2.75, 3.05) is 20.4 Å². The Morgan fingerprint density at radius 2 is 1.80 bits per heavy atom. The molecule has 1 fully saturated rings. The van der Waals surface area contributed by atoms with Gasteiger partial charge in [-0.2, -0.15) is 0 Å². The van der Waals surface area contributed by atoms with Crippen molar-refractivity contribution in [1.29, 1.82) is 0 Å². The molecule has 15 heavy (non-hydrogen) atoms. The Bertz CT molecular complexity index is 245. The number of methoxy groups -OCH3 is 1. The molecule has 1 saturated carbocycles. The Balaban J connectivity index is 2.45. The summed E-state index contributed by atoms with van der Waals surface area (Å²) in [5.41, 5.74) is 0. The summed E-state index contributed by atoms with van der Waals surface area (Å²) in [5, 5.41) is 1.22. The Morgan fingerprint density at radius 3 is 2.20 bits per heavy atom. The Kier molecular flexibility index (Phi) is 5.15. The molecule has 0 saturated heterocycles. The van der Waals surface area contributed by atoms with Crippen molar-refractivity contribution in [2.45, 2.75) is 25.7 Å². The molecule has 1 rings (SSSR count). The number of esters is 1. The molecule has 0 atom stereocenters. The molecule has 0 heterocycles.